The van der Waals surface area contributed by atoms with Gasteiger partial charge in [0.25, 0.3) is 0 Å². The molecule has 0 aromatic heterocycles. The number of esters is 1. The van der Waals surface area contributed by atoms with Crippen molar-refractivity contribution in [3.8, 4) is 0 Å². The molecule has 26 heavy (non-hydrogen) atoms. The molecule has 1 aromatic carbocycles. The molecule has 1 rings (SSSR count). The van der Waals surface area contributed by atoms with Gasteiger partial charge in [0.1, 0.15) is 12.2 Å². The molecular weight excluding hydrogens is 377 g/mol. The molecule has 0 saturated carbocycles. The molecule has 0 aliphatic rings. The van der Waals surface area contributed by atoms with Gasteiger partial charge >= 0.3 is 12.1 Å². The fourth-order valence-electron chi connectivity index (χ4n) is 1.99. The van der Waals surface area contributed by atoms with Crippen LogP contribution in [0, 0.1) is 5.41 Å². The van der Waals surface area contributed by atoms with Crippen molar-refractivity contribution in [1.29, 1.82) is 0 Å². The number of hydrogen-bond donors (Lipinski definition) is 1. The zero-order valence-electron chi connectivity index (χ0n) is 16.3. The molecule has 0 aliphatic heterocycles. The maximum absolute atomic E-state index is 12.3. The van der Waals surface area contributed by atoms with Crippen LogP contribution in [0.1, 0.15) is 54.0 Å². The fraction of sp³-hybridized carbons (Fsp3) is 0.579. The predicted octanol–water partition coefficient (Wildman–Crippen LogP) is 5.32. The number of carbonyl (C=O) groups is 2. The quantitative estimate of drug-likeness (QED) is 0.690. The second kappa shape index (κ2) is 8.05. The Balaban J connectivity index is 3.12. The number of alkyl carbamates (subject to hydrolysis) is 1. The van der Waals surface area contributed by atoms with E-state index in [1.165, 1.54) is 0 Å². The number of amides is 1. The van der Waals surface area contributed by atoms with Crippen LogP contribution in [0.5, 0.6) is 0 Å². The third-order valence-corrected chi connectivity index (χ3v) is 4.18. The number of rotatable bonds is 4. The second-order valence-electron chi connectivity index (χ2n) is 8.41. The molecule has 0 heterocycles. The van der Waals surface area contributed by atoms with Crippen LogP contribution >= 0.6 is 23.2 Å². The van der Waals surface area contributed by atoms with Gasteiger partial charge in [-0.1, -0.05) is 29.3 Å². The number of hydrogen-bond acceptors (Lipinski definition) is 4. The van der Waals surface area contributed by atoms with Crippen LogP contribution in [0.25, 0.3) is 0 Å². The molecule has 146 valence electrons. The molecule has 1 aromatic rings. The highest BCUT2D eigenvalue weighted by molar-refractivity contribution is 6.42. The van der Waals surface area contributed by atoms with Crippen molar-refractivity contribution in [1.82, 2.24) is 5.32 Å². The smallest absolute Gasteiger partial charge is 0.408 e. The lowest BCUT2D eigenvalue weighted by Gasteiger charge is -2.33. The molecular formula is C19H27Cl2NO4. The van der Waals surface area contributed by atoms with Crippen molar-refractivity contribution in [2.45, 2.75) is 59.6 Å². The first-order valence-electron chi connectivity index (χ1n) is 8.28. The minimum atomic E-state index is -1.04. The number of halogens is 2. The standard InChI is InChI=1S/C19H27Cl2NO4/c1-17(2,3)15(23)25-11-19(7,22-16(24)26-18(4,5)6)12-8-9-13(20)14(21)10-12/h8-10H,11H2,1-7H3,(H,22,24). The van der Waals surface area contributed by atoms with Gasteiger partial charge in [-0.3, -0.25) is 4.79 Å². The second-order valence-corrected chi connectivity index (χ2v) is 9.23. The van der Waals surface area contributed by atoms with E-state index < -0.39 is 22.6 Å². The Kier molecular flexibility index (Phi) is 6.99. The summed E-state index contributed by atoms with van der Waals surface area (Å²) in [5.74, 6) is -0.380. The highest BCUT2D eigenvalue weighted by atomic mass is 35.5. The molecule has 7 heteroatoms. The summed E-state index contributed by atoms with van der Waals surface area (Å²) in [5.41, 5.74) is -1.73. The lowest BCUT2D eigenvalue weighted by Crippen LogP contribution is -2.49. The van der Waals surface area contributed by atoms with E-state index in [0.717, 1.165) is 0 Å². The lowest BCUT2D eigenvalue weighted by atomic mass is 9.92. The Bertz CT molecular complexity index is 677. The van der Waals surface area contributed by atoms with Crippen LogP contribution < -0.4 is 5.32 Å². The number of carbonyl (C=O) groups excluding carboxylic acids is 2. The number of ether oxygens (including phenoxy) is 2. The van der Waals surface area contributed by atoms with Crippen molar-refractivity contribution in [3.63, 3.8) is 0 Å². The molecule has 0 radical (unpaired) electrons. The lowest BCUT2D eigenvalue weighted by molar-refractivity contribution is -0.155. The largest absolute Gasteiger partial charge is 0.462 e. The van der Waals surface area contributed by atoms with Gasteiger partial charge in [-0.05, 0) is 66.2 Å². The highest BCUT2D eigenvalue weighted by Gasteiger charge is 2.34. The first-order valence-corrected chi connectivity index (χ1v) is 9.03. The summed E-state index contributed by atoms with van der Waals surface area (Å²) in [6.45, 7) is 12.2. The fourth-order valence-corrected chi connectivity index (χ4v) is 2.28. The van der Waals surface area contributed by atoms with Gasteiger partial charge in [0.2, 0.25) is 0 Å². The Hall–Kier alpha value is -1.46. The first-order chi connectivity index (χ1) is 11.6. The SMILES string of the molecule is CC(C)(C)OC(=O)NC(C)(COC(=O)C(C)(C)C)c1ccc(Cl)c(Cl)c1. The Morgan fingerprint density at radius 2 is 1.58 bits per heavy atom. The zero-order valence-corrected chi connectivity index (χ0v) is 17.8. The monoisotopic (exact) mass is 403 g/mol. The van der Waals surface area contributed by atoms with Crippen molar-refractivity contribution >= 4 is 35.3 Å². The van der Waals surface area contributed by atoms with E-state index in [4.69, 9.17) is 32.7 Å². The van der Waals surface area contributed by atoms with Crippen molar-refractivity contribution < 1.29 is 19.1 Å². The van der Waals surface area contributed by atoms with Crippen LogP contribution in [0.3, 0.4) is 0 Å². The van der Waals surface area contributed by atoms with E-state index in [-0.39, 0.29) is 12.6 Å². The summed E-state index contributed by atoms with van der Waals surface area (Å²) >= 11 is 12.1. The van der Waals surface area contributed by atoms with Gasteiger partial charge in [-0.25, -0.2) is 4.79 Å². The number of benzene rings is 1. The summed E-state index contributed by atoms with van der Waals surface area (Å²) in [5, 5.41) is 3.51. The average molecular weight is 404 g/mol. The zero-order chi connectivity index (χ0) is 20.3. The summed E-state index contributed by atoms with van der Waals surface area (Å²) < 4.78 is 10.8. The molecule has 1 atom stereocenters. The maximum Gasteiger partial charge on any atom is 0.408 e. The Labute approximate surface area is 165 Å². The van der Waals surface area contributed by atoms with Gasteiger partial charge in [0, 0.05) is 0 Å². The molecule has 5 nitrogen and oxygen atoms in total. The van der Waals surface area contributed by atoms with Crippen LogP contribution in [0.4, 0.5) is 4.79 Å². The molecule has 1 N–H and O–H groups in total. The van der Waals surface area contributed by atoms with Gasteiger partial charge < -0.3 is 14.8 Å². The van der Waals surface area contributed by atoms with Crippen LogP contribution in [0.2, 0.25) is 10.0 Å². The Morgan fingerprint density at radius 3 is 2.04 bits per heavy atom. The van der Waals surface area contributed by atoms with Crippen LogP contribution in [-0.4, -0.2) is 24.3 Å². The van der Waals surface area contributed by atoms with Gasteiger partial charge in [0.15, 0.2) is 0 Å². The molecule has 0 spiro atoms. The van der Waals surface area contributed by atoms with E-state index >= 15 is 0 Å². The first kappa shape index (κ1) is 22.6. The summed E-state index contributed by atoms with van der Waals surface area (Å²) in [7, 11) is 0. The van der Waals surface area contributed by atoms with Crippen LogP contribution in [0.15, 0.2) is 18.2 Å². The molecule has 0 bridgehead atoms. The van der Waals surface area contributed by atoms with E-state index in [2.05, 4.69) is 5.32 Å². The van der Waals surface area contributed by atoms with Gasteiger partial charge in [-0.2, -0.15) is 0 Å². The third kappa shape index (κ3) is 6.69. The molecule has 1 unspecified atom stereocenters. The van der Waals surface area contributed by atoms with Crippen LogP contribution in [-0.2, 0) is 19.8 Å². The third-order valence-electron chi connectivity index (χ3n) is 3.44. The summed E-state index contributed by atoms with van der Waals surface area (Å²) in [4.78, 5) is 24.5. The highest BCUT2D eigenvalue weighted by Crippen LogP contribution is 2.30. The normalized spacial score (nSPS) is 14.3. The topological polar surface area (TPSA) is 64.6 Å². The van der Waals surface area contributed by atoms with Gasteiger partial charge in [-0.15, -0.1) is 0 Å². The minimum absolute atomic E-state index is 0.0830. The minimum Gasteiger partial charge on any atom is -0.462 e. The summed E-state index contributed by atoms with van der Waals surface area (Å²) in [6, 6.07) is 4.97. The number of nitrogens with one attached hydrogen (secondary N) is 1. The van der Waals surface area contributed by atoms with Crippen molar-refractivity contribution in [2.24, 2.45) is 5.41 Å². The Morgan fingerprint density at radius 1 is 1.00 bits per heavy atom. The predicted molar refractivity (Wildman–Crippen MR) is 104 cm³/mol. The molecule has 0 fully saturated rings. The van der Waals surface area contributed by atoms with E-state index in [0.29, 0.717) is 15.6 Å². The molecule has 0 aliphatic carbocycles. The maximum atomic E-state index is 12.3. The summed E-state index contributed by atoms with van der Waals surface area (Å²) in [6.07, 6.45) is -0.627. The van der Waals surface area contributed by atoms with Crippen molar-refractivity contribution in [2.75, 3.05) is 6.61 Å². The van der Waals surface area contributed by atoms with E-state index in [9.17, 15) is 9.59 Å². The molecule has 1 amide bonds. The van der Waals surface area contributed by atoms with E-state index in [1.807, 2.05) is 0 Å². The molecule has 0 saturated heterocycles. The van der Waals surface area contributed by atoms with Crippen molar-refractivity contribution in [3.05, 3.63) is 33.8 Å². The van der Waals surface area contributed by atoms with E-state index in [1.54, 1.807) is 66.7 Å². The van der Waals surface area contributed by atoms with Gasteiger partial charge in [0.05, 0.1) is 21.0 Å². The average Bonchev–Trinajstić information content (AvgIpc) is 2.44.